The second-order valence-electron chi connectivity index (χ2n) is 6.71. The molecule has 0 aromatic heterocycles. The van der Waals surface area contributed by atoms with Gasteiger partial charge in [0, 0.05) is 38.8 Å². The summed E-state index contributed by atoms with van der Waals surface area (Å²) in [5.41, 5.74) is 1.44. The van der Waals surface area contributed by atoms with E-state index in [1.165, 1.54) is 56.2 Å². The Morgan fingerprint density at radius 1 is 1.18 bits per heavy atom. The number of nitrogens with one attached hydrogen (secondary N) is 1. The minimum absolute atomic E-state index is 0.468. The van der Waals surface area contributed by atoms with Crippen molar-refractivity contribution in [3.8, 4) is 0 Å². The Morgan fingerprint density at radius 2 is 1.95 bits per heavy atom. The fourth-order valence-electron chi connectivity index (χ4n) is 3.32. The van der Waals surface area contributed by atoms with Crippen LogP contribution in [0.5, 0.6) is 0 Å². The van der Waals surface area contributed by atoms with E-state index in [4.69, 9.17) is 0 Å². The molecular formula is C18H29N3S. The van der Waals surface area contributed by atoms with Crippen molar-refractivity contribution in [2.45, 2.75) is 12.5 Å². The third kappa shape index (κ3) is 4.72. The highest BCUT2D eigenvalue weighted by molar-refractivity contribution is 7.99. The summed E-state index contributed by atoms with van der Waals surface area (Å²) in [5.74, 6) is 3.55. The van der Waals surface area contributed by atoms with Crippen molar-refractivity contribution in [2.75, 3.05) is 57.8 Å². The Kier molecular flexibility index (Phi) is 6.19. The highest BCUT2D eigenvalue weighted by Crippen LogP contribution is 2.24. The molecule has 1 N–H and O–H groups in total. The van der Waals surface area contributed by atoms with Crippen LogP contribution in [0.3, 0.4) is 0 Å². The first-order chi connectivity index (χ1) is 10.8. The van der Waals surface area contributed by atoms with Crippen LogP contribution in [0.15, 0.2) is 30.3 Å². The van der Waals surface area contributed by atoms with Gasteiger partial charge < -0.3 is 10.2 Å². The fourth-order valence-corrected chi connectivity index (χ4v) is 4.60. The molecule has 4 heteroatoms. The lowest BCUT2D eigenvalue weighted by Crippen LogP contribution is -2.47. The molecule has 2 atom stereocenters. The van der Waals surface area contributed by atoms with Gasteiger partial charge in [0.15, 0.2) is 0 Å². The summed E-state index contributed by atoms with van der Waals surface area (Å²) in [6.45, 7) is 7.08. The number of likely N-dealkylation sites (N-methyl/N-ethyl adjacent to an activating group) is 1. The topological polar surface area (TPSA) is 18.5 Å². The van der Waals surface area contributed by atoms with E-state index >= 15 is 0 Å². The van der Waals surface area contributed by atoms with Crippen LogP contribution in [-0.4, -0.2) is 67.6 Å². The summed E-state index contributed by atoms with van der Waals surface area (Å²) >= 11 is 2.11. The third-order valence-corrected chi connectivity index (χ3v) is 6.15. The quantitative estimate of drug-likeness (QED) is 0.867. The van der Waals surface area contributed by atoms with E-state index in [9.17, 15) is 0 Å². The molecule has 2 heterocycles. The fraction of sp³-hybridized carbons (Fsp3) is 0.667. The first-order valence-electron chi connectivity index (χ1n) is 8.58. The van der Waals surface area contributed by atoms with Crippen molar-refractivity contribution < 1.29 is 0 Å². The Bertz CT molecular complexity index is 425. The summed E-state index contributed by atoms with van der Waals surface area (Å²) in [6.07, 6.45) is 1.38. The molecule has 0 spiro atoms. The van der Waals surface area contributed by atoms with Gasteiger partial charge >= 0.3 is 0 Å². The van der Waals surface area contributed by atoms with E-state index in [2.05, 4.69) is 64.3 Å². The minimum atomic E-state index is 0.468. The molecule has 122 valence electrons. The summed E-state index contributed by atoms with van der Waals surface area (Å²) in [5, 5.41) is 3.87. The Hall–Kier alpha value is -0.550. The van der Waals surface area contributed by atoms with Gasteiger partial charge in [-0.2, -0.15) is 11.8 Å². The molecule has 0 radical (unpaired) electrons. The first-order valence-corrected chi connectivity index (χ1v) is 9.73. The van der Waals surface area contributed by atoms with Gasteiger partial charge in [0.2, 0.25) is 0 Å². The average molecular weight is 320 g/mol. The normalized spacial score (nSPS) is 25.4. The molecule has 0 saturated carbocycles. The highest BCUT2D eigenvalue weighted by atomic mass is 32.2. The lowest BCUT2D eigenvalue weighted by Gasteiger charge is -2.35. The molecule has 0 unspecified atom stereocenters. The van der Waals surface area contributed by atoms with E-state index in [1.54, 1.807) is 0 Å². The number of piperazine rings is 1. The van der Waals surface area contributed by atoms with Gasteiger partial charge in [-0.1, -0.05) is 30.3 Å². The summed E-state index contributed by atoms with van der Waals surface area (Å²) in [6, 6.07) is 11.5. The van der Waals surface area contributed by atoms with Crippen LogP contribution in [0.2, 0.25) is 0 Å². The van der Waals surface area contributed by atoms with Crippen LogP contribution in [0.25, 0.3) is 0 Å². The molecular weight excluding hydrogens is 290 g/mol. The second-order valence-corrected chi connectivity index (χ2v) is 7.85. The van der Waals surface area contributed by atoms with Gasteiger partial charge in [-0.05, 0) is 43.0 Å². The van der Waals surface area contributed by atoms with Gasteiger partial charge in [0.05, 0.1) is 0 Å². The number of rotatable bonds is 6. The lowest BCUT2D eigenvalue weighted by molar-refractivity contribution is 0.141. The van der Waals surface area contributed by atoms with Crippen molar-refractivity contribution in [1.82, 2.24) is 15.1 Å². The molecule has 0 amide bonds. The molecule has 2 aliphatic heterocycles. The van der Waals surface area contributed by atoms with Gasteiger partial charge in [0.25, 0.3) is 0 Å². The van der Waals surface area contributed by atoms with Crippen molar-refractivity contribution >= 4 is 11.8 Å². The maximum atomic E-state index is 3.87. The highest BCUT2D eigenvalue weighted by Gasteiger charge is 2.21. The molecule has 2 aliphatic rings. The van der Waals surface area contributed by atoms with Crippen molar-refractivity contribution in [2.24, 2.45) is 5.92 Å². The van der Waals surface area contributed by atoms with E-state index < -0.39 is 0 Å². The van der Waals surface area contributed by atoms with Gasteiger partial charge in [-0.25, -0.2) is 0 Å². The zero-order valence-electron chi connectivity index (χ0n) is 13.7. The maximum Gasteiger partial charge on any atom is 0.0449 e. The zero-order chi connectivity index (χ0) is 15.2. The standard InChI is InChI=1S/C18H29N3S/c1-20-8-10-21(11-9-20)14-18(17-5-3-2-4-6-17)19-13-16-7-12-22-15-16/h2-6,16,18-19H,7-15H2,1H3/t16-,18+/m1/s1. The minimum Gasteiger partial charge on any atom is -0.309 e. The van der Waals surface area contributed by atoms with Gasteiger partial charge in [-0.3, -0.25) is 4.90 Å². The molecule has 0 aliphatic carbocycles. The van der Waals surface area contributed by atoms with Crippen LogP contribution < -0.4 is 5.32 Å². The van der Waals surface area contributed by atoms with Crippen molar-refractivity contribution in [3.05, 3.63) is 35.9 Å². The molecule has 2 saturated heterocycles. The van der Waals surface area contributed by atoms with E-state index in [0.29, 0.717) is 6.04 Å². The smallest absolute Gasteiger partial charge is 0.0449 e. The molecule has 0 bridgehead atoms. The maximum absolute atomic E-state index is 3.87. The van der Waals surface area contributed by atoms with Crippen LogP contribution in [0.1, 0.15) is 18.0 Å². The number of hydrogen-bond acceptors (Lipinski definition) is 4. The largest absolute Gasteiger partial charge is 0.309 e. The van der Waals surface area contributed by atoms with Crippen molar-refractivity contribution in [1.29, 1.82) is 0 Å². The SMILES string of the molecule is CN1CCN(C[C@H](NC[C@H]2CCSC2)c2ccccc2)CC1. The Morgan fingerprint density at radius 3 is 2.64 bits per heavy atom. The zero-order valence-corrected chi connectivity index (χ0v) is 14.5. The molecule has 1 aromatic rings. The van der Waals surface area contributed by atoms with Crippen LogP contribution >= 0.6 is 11.8 Å². The summed E-state index contributed by atoms with van der Waals surface area (Å²) in [4.78, 5) is 5.05. The van der Waals surface area contributed by atoms with E-state index in [1.807, 2.05) is 0 Å². The number of benzene rings is 1. The van der Waals surface area contributed by atoms with Crippen LogP contribution in [-0.2, 0) is 0 Å². The summed E-state index contributed by atoms with van der Waals surface area (Å²) in [7, 11) is 2.22. The Balaban J connectivity index is 1.58. The molecule has 2 fully saturated rings. The second kappa shape index (κ2) is 8.34. The predicted molar refractivity (Wildman–Crippen MR) is 96.6 cm³/mol. The van der Waals surface area contributed by atoms with Crippen LogP contribution in [0.4, 0.5) is 0 Å². The number of thioether (sulfide) groups is 1. The number of hydrogen-bond donors (Lipinski definition) is 1. The monoisotopic (exact) mass is 319 g/mol. The lowest BCUT2D eigenvalue weighted by atomic mass is 10.0. The molecule has 22 heavy (non-hydrogen) atoms. The predicted octanol–water partition coefficient (Wildman–Crippen LogP) is 2.32. The molecule has 1 aromatic carbocycles. The van der Waals surface area contributed by atoms with Gasteiger partial charge in [-0.15, -0.1) is 0 Å². The molecule has 3 rings (SSSR count). The average Bonchev–Trinajstić information content (AvgIpc) is 3.07. The first kappa shape index (κ1) is 16.3. The van der Waals surface area contributed by atoms with E-state index in [0.717, 1.165) is 12.5 Å². The summed E-state index contributed by atoms with van der Waals surface area (Å²) < 4.78 is 0. The number of nitrogens with zero attached hydrogens (tertiary/aromatic N) is 2. The van der Waals surface area contributed by atoms with Crippen molar-refractivity contribution in [3.63, 3.8) is 0 Å². The Labute approximate surface area is 139 Å². The molecule has 3 nitrogen and oxygen atoms in total. The third-order valence-electron chi connectivity index (χ3n) is 4.92. The van der Waals surface area contributed by atoms with E-state index in [-0.39, 0.29) is 0 Å². The van der Waals surface area contributed by atoms with Gasteiger partial charge in [0.1, 0.15) is 0 Å². The van der Waals surface area contributed by atoms with Crippen LogP contribution in [0, 0.1) is 5.92 Å².